The average Bonchev–Trinajstić information content (AvgIpc) is 2.33. The molecule has 0 aliphatic heterocycles. The summed E-state index contributed by atoms with van der Waals surface area (Å²) in [5.74, 6) is -0.0606. The maximum absolute atomic E-state index is 13.8. The van der Waals surface area contributed by atoms with E-state index in [9.17, 15) is 4.39 Å². The van der Waals surface area contributed by atoms with Crippen molar-refractivity contribution in [3.05, 3.63) is 29.6 Å². The molecule has 1 aliphatic rings. The van der Waals surface area contributed by atoms with E-state index in [1.165, 1.54) is 13.2 Å². The van der Waals surface area contributed by atoms with Crippen molar-refractivity contribution in [2.24, 2.45) is 0 Å². The van der Waals surface area contributed by atoms with Gasteiger partial charge in [0.05, 0.1) is 18.8 Å². The van der Waals surface area contributed by atoms with Gasteiger partial charge in [0.15, 0.2) is 11.6 Å². The van der Waals surface area contributed by atoms with Crippen molar-refractivity contribution in [2.75, 3.05) is 21.3 Å². The van der Waals surface area contributed by atoms with E-state index >= 15 is 0 Å². The Balaban J connectivity index is 2.30. The zero-order valence-corrected chi connectivity index (χ0v) is 11.1. The molecule has 0 spiro atoms. The first-order chi connectivity index (χ1) is 8.66. The van der Waals surface area contributed by atoms with Crippen LogP contribution in [0.15, 0.2) is 18.2 Å². The number of hydrogen-bond donors (Lipinski definition) is 1. The van der Waals surface area contributed by atoms with Crippen LogP contribution in [0.1, 0.15) is 30.9 Å². The maximum Gasteiger partial charge on any atom is 0.165 e. The fraction of sp³-hybridized carbons (Fsp3) is 0.571. The van der Waals surface area contributed by atoms with Gasteiger partial charge in [-0.25, -0.2) is 4.39 Å². The van der Waals surface area contributed by atoms with Crippen LogP contribution in [0, 0.1) is 5.82 Å². The number of nitrogens with one attached hydrogen (secondary N) is 1. The van der Waals surface area contributed by atoms with Crippen LogP contribution in [0.2, 0.25) is 0 Å². The third kappa shape index (κ3) is 2.10. The van der Waals surface area contributed by atoms with Gasteiger partial charge < -0.3 is 14.8 Å². The summed E-state index contributed by atoms with van der Waals surface area (Å²) in [4.78, 5) is 0. The number of likely N-dealkylation sites (N-methyl/N-ethyl adjacent to an activating group) is 1. The highest BCUT2D eigenvalue weighted by Crippen LogP contribution is 2.45. The monoisotopic (exact) mass is 253 g/mol. The fourth-order valence-corrected chi connectivity index (χ4v) is 2.73. The molecule has 0 aromatic heterocycles. The predicted molar refractivity (Wildman–Crippen MR) is 68.3 cm³/mol. The van der Waals surface area contributed by atoms with Crippen molar-refractivity contribution in [3.8, 4) is 5.75 Å². The number of rotatable bonds is 5. The van der Waals surface area contributed by atoms with Gasteiger partial charge in [-0.1, -0.05) is 6.07 Å². The molecule has 0 radical (unpaired) electrons. The molecule has 2 rings (SSSR count). The molecule has 0 amide bonds. The van der Waals surface area contributed by atoms with E-state index in [0.717, 1.165) is 24.8 Å². The van der Waals surface area contributed by atoms with Crippen molar-refractivity contribution in [1.82, 2.24) is 5.32 Å². The van der Waals surface area contributed by atoms with Gasteiger partial charge in [0.25, 0.3) is 0 Å². The molecule has 1 saturated carbocycles. The van der Waals surface area contributed by atoms with Gasteiger partial charge in [-0.15, -0.1) is 0 Å². The van der Waals surface area contributed by atoms with E-state index in [0.29, 0.717) is 0 Å². The van der Waals surface area contributed by atoms with Crippen molar-refractivity contribution in [3.63, 3.8) is 0 Å². The minimum atomic E-state index is -0.333. The van der Waals surface area contributed by atoms with Crippen LogP contribution in [0.4, 0.5) is 4.39 Å². The second-order valence-electron chi connectivity index (χ2n) is 4.74. The Morgan fingerprint density at radius 1 is 1.33 bits per heavy atom. The van der Waals surface area contributed by atoms with Crippen LogP contribution in [-0.4, -0.2) is 26.9 Å². The molecule has 100 valence electrons. The highest BCUT2D eigenvalue weighted by Gasteiger charge is 2.44. The number of ether oxygens (including phenoxy) is 2. The van der Waals surface area contributed by atoms with Crippen LogP contribution in [-0.2, 0) is 4.74 Å². The van der Waals surface area contributed by atoms with Gasteiger partial charge in [0.1, 0.15) is 0 Å². The van der Waals surface area contributed by atoms with Crippen molar-refractivity contribution in [2.45, 2.75) is 30.9 Å². The quantitative estimate of drug-likeness (QED) is 0.875. The zero-order chi connectivity index (χ0) is 13.2. The summed E-state index contributed by atoms with van der Waals surface area (Å²) in [7, 11) is 5.07. The third-order valence-corrected chi connectivity index (χ3v) is 3.93. The fourth-order valence-electron chi connectivity index (χ4n) is 2.73. The zero-order valence-electron chi connectivity index (χ0n) is 11.1. The van der Waals surface area contributed by atoms with Crippen LogP contribution < -0.4 is 10.1 Å². The SMILES string of the molecule is CNC(c1ccc(OC)c(F)c1)C1(OC)CCC1. The molecule has 1 N–H and O–H groups in total. The first kappa shape index (κ1) is 13.3. The Morgan fingerprint density at radius 2 is 2.06 bits per heavy atom. The summed E-state index contributed by atoms with van der Waals surface area (Å²) in [5.41, 5.74) is 0.702. The molecule has 0 bridgehead atoms. The van der Waals surface area contributed by atoms with E-state index in [-0.39, 0.29) is 23.2 Å². The molecule has 1 aliphatic carbocycles. The van der Waals surface area contributed by atoms with Gasteiger partial charge in [-0.05, 0) is 44.0 Å². The van der Waals surface area contributed by atoms with Gasteiger partial charge in [-0.2, -0.15) is 0 Å². The predicted octanol–water partition coefficient (Wildman–Crippen LogP) is 2.66. The lowest BCUT2D eigenvalue weighted by Gasteiger charge is -2.46. The van der Waals surface area contributed by atoms with Crippen molar-refractivity contribution >= 4 is 0 Å². The molecule has 1 atom stereocenters. The van der Waals surface area contributed by atoms with Gasteiger partial charge in [-0.3, -0.25) is 0 Å². The third-order valence-electron chi connectivity index (χ3n) is 3.93. The second kappa shape index (κ2) is 5.24. The minimum Gasteiger partial charge on any atom is -0.494 e. The van der Waals surface area contributed by atoms with E-state index in [1.807, 2.05) is 13.1 Å². The summed E-state index contributed by atoms with van der Waals surface area (Å²) < 4.78 is 24.4. The topological polar surface area (TPSA) is 30.5 Å². The number of methoxy groups -OCH3 is 2. The summed E-state index contributed by atoms with van der Waals surface area (Å²) >= 11 is 0. The van der Waals surface area contributed by atoms with Crippen LogP contribution >= 0.6 is 0 Å². The summed E-state index contributed by atoms with van der Waals surface area (Å²) in [6.45, 7) is 0. The second-order valence-corrected chi connectivity index (χ2v) is 4.74. The summed E-state index contributed by atoms with van der Waals surface area (Å²) in [5, 5.41) is 3.24. The van der Waals surface area contributed by atoms with Gasteiger partial charge >= 0.3 is 0 Å². The molecule has 1 aromatic carbocycles. The average molecular weight is 253 g/mol. The molecule has 1 fully saturated rings. The Morgan fingerprint density at radius 3 is 2.44 bits per heavy atom. The first-order valence-corrected chi connectivity index (χ1v) is 6.22. The lowest BCUT2D eigenvalue weighted by Crippen LogP contribution is -2.49. The first-order valence-electron chi connectivity index (χ1n) is 6.22. The lowest BCUT2D eigenvalue weighted by molar-refractivity contribution is -0.0983. The van der Waals surface area contributed by atoms with Crippen molar-refractivity contribution < 1.29 is 13.9 Å². The molecule has 18 heavy (non-hydrogen) atoms. The maximum atomic E-state index is 13.8. The minimum absolute atomic E-state index is 0.0108. The number of hydrogen-bond acceptors (Lipinski definition) is 3. The molecule has 4 heteroatoms. The van der Waals surface area contributed by atoms with E-state index in [2.05, 4.69) is 5.32 Å². The number of benzene rings is 1. The molecule has 1 unspecified atom stereocenters. The standard InChI is InChI=1S/C14H20FNO2/c1-16-13(14(18-3)7-4-8-14)10-5-6-12(17-2)11(15)9-10/h5-6,9,13,16H,4,7-8H2,1-3H3. The highest BCUT2D eigenvalue weighted by molar-refractivity contribution is 5.33. The molecule has 1 aromatic rings. The smallest absolute Gasteiger partial charge is 0.165 e. The highest BCUT2D eigenvalue weighted by atomic mass is 19.1. The van der Waals surface area contributed by atoms with Gasteiger partial charge in [0, 0.05) is 7.11 Å². The Labute approximate surface area is 107 Å². The lowest BCUT2D eigenvalue weighted by atomic mass is 9.72. The van der Waals surface area contributed by atoms with Gasteiger partial charge in [0.2, 0.25) is 0 Å². The van der Waals surface area contributed by atoms with Crippen LogP contribution in [0.3, 0.4) is 0 Å². The molecule has 3 nitrogen and oxygen atoms in total. The van der Waals surface area contributed by atoms with Crippen LogP contribution in [0.25, 0.3) is 0 Å². The van der Waals surface area contributed by atoms with E-state index in [4.69, 9.17) is 9.47 Å². The number of halogens is 1. The molecule has 0 saturated heterocycles. The Bertz CT molecular complexity index is 413. The molecular formula is C14H20FNO2. The molecule has 0 heterocycles. The van der Waals surface area contributed by atoms with Crippen LogP contribution in [0.5, 0.6) is 5.75 Å². The van der Waals surface area contributed by atoms with Crippen molar-refractivity contribution in [1.29, 1.82) is 0 Å². The van der Waals surface area contributed by atoms with E-state index in [1.54, 1.807) is 13.2 Å². The molecular weight excluding hydrogens is 233 g/mol. The Kier molecular flexibility index (Phi) is 3.88. The normalized spacial score (nSPS) is 19.1. The summed E-state index contributed by atoms with van der Waals surface area (Å²) in [6, 6.07) is 5.09. The Hall–Kier alpha value is -1.13. The van der Waals surface area contributed by atoms with E-state index < -0.39 is 0 Å². The largest absolute Gasteiger partial charge is 0.494 e. The summed E-state index contributed by atoms with van der Waals surface area (Å²) in [6.07, 6.45) is 3.16.